The van der Waals surface area contributed by atoms with Crippen LogP contribution in [0.15, 0.2) is 36.4 Å². The second-order valence-corrected chi connectivity index (χ2v) is 6.32. The van der Waals surface area contributed by atoms with Gasteiger partial charge < -0.3 is 14.2 Å². The quantitative estimate of drug-likeness (QED) is 0.787. The van der Waals surface area contributed by atoms with Gasteiger partial charge in [-0.1, -0.05) is 23.5 Å². The molecule has 0 unspecified atom stereocenters. The number of nitrogens with zero attached hydrogens (tertiary/aromatic N) is 1. The number of ether oxygens (including phenoxy) is 3. The normalized spacial score (nSPS) is 12.4. The first-order valence-electron chi connectivity index (χ1n) is 7.37. The molecule has 0 fully saturated rings. The maximum absolute atomic E-state index is 12.1. The van der Waals surface area contributed by atoms with Crippen molar-refractivity contribution in [2.75, 3.05) is 18.7 Å². The summed E-state index contributed by atoms with van der Waals surface area (Å²) < 4.78 is 17.0. The summed E-state index contributed by atoms with van der Waals surface area (Å²) >= 11 is 1.44. The SMILES string of the molecule is Cc1cccc2sc(NC(=O)COc3ccc4c(c3)OCO4)nc12. The van der Waals surface area contributed by atoms with E-state index in [0.717, 1.165) is 15.8 Å². The van der Waals surface area contributed by atoms with Gasteiger partial charge in [0.05, 0.1) is 10.2 Å². The van der Waals surface area contributed by atoms with Gasteiger partial charge in [-0.25, -0.2) is 4.98 Å². The van der Waals surface area contributed by atoms with E-state index in [1.165, 1.54) is 11.3 Å². The third kappa shape index (κ3) is 2.85. The van der Waals surface area contributed by atoms with E-state index in [-0.39, 0.29) is 19.3 Å². The number of anilines is 1. The molecule has 1 amide bonds. The van der Waals surface area contributed by atoms with Crippen LogP contribution < -0.4 is 19.5 Å². The first-order valence-corrected chi connectivity index (χ1v) is 8.19. The van der Waals surface area contributed by atoms with E-state index in [1.807, 2.05) is 25.1 Å². The second-order valence-electron chi connectivity index (χ2n) is 5.29. The summed E-state index contributed by atoms with van der Waals surface area (Å²) in [5.41, 5.74) is 2.00. The number of aryl methyl sites for hydroxylation is 1. The zero-order valence-electron chi connectivity index (χ0n) is 12.9. The van der Waals surface area contributed by atoms with Gasteiger partial charge in [0, 0.05) is 6.07 Å². The van der Waals surface area contributed by atoms with Crippen LogP contribution in [0.5, 0.6) is 17.2 Å². The molecule has 122 valence electrons. The molecule has 3 aromatic rings. The van der Waals surface area contributed by atoms with Crippen molar-refractivity contribution in [1.82, 2.24) is 4.98 Å². The average Bonchev–Trinajstić information content (AvgIpc) is 3.19. The lowest BCUT2D eigenvalue weighted by atomic mass is 10.2. The summed E-state index contributed by atoms with van der Waals surface area (Å²) in [5, 5.41) is 3.34. The van der Waals surface area contributed by atoms with Gasteiger partial charge in [0.2, 0.25) is 6.79 Å². The molecule has 0 bridgehead atoms. The van der Waals surface area contributed by atoms with Crippen molar-refractivity contribution in [3.05, 3.63) is 42.0 Å². The minimum atomic E-state index is -0.260. The molecule has 24 heavy (non-hydrogen) atoms. The van der Waals surface area contributed by atoms with Crippen LogP contribution in [-0.2, 0) is 4.79 Å². The zero-order valence-corrected chi connectivity index (χ0v) is 13.7. The topological polar surface area (TPSA) is 69.7 Å². The molecule has 0 saturated heterocycles. The molecule has 6 nitrogen and oxygen atoms in total. The molecule has 4 rings (SSSR count). The first-order chi connectivity index (χ1) is 11.7. The summed E-state index contributed by atoms with van der Waals surface area (Å²) in [6, 6.07) is 11.2. The number of fused-ring (bicyclic) bond motifs is 2. The number of hydrogen-bond donors (Lipinski definition) is 1. The largest absolute Gasteiger partial charge is 0.484 e. The number of para-hydroxylation sites is 1. The van der Waals surface area contributed by atoms with Gasteiger partial charge in [0.15, 0.2) is 23.2 Å². The molecule has 1 aromatic heterocycles. The number of carbonyl (C=O) groups is 1. The Bertz CT molecular complexity index is 922. The Morgan fingerprint density at radius 1 is 1.29 bits per heavy atom. The van der Waals surface area contributed by atoms with Crippen LogP contribution in [0.4, 0.5) is 5.13 Å². The lowest BCUT2D eigenvalue weighted by Gasteiger charge is -2.06. The molecule has 0 spiro atoms. The minimum Gasteiger partial charge on any atom is -0.484 e. The zero-order chi connectivity index (χ0) is 16.5. The fourth-order valence-electron chi connectivity index (χ4n) is 2.41. The molecule has 0 saturated carbocycles. The van der Waals surface area contributed by atoms with Gasteiger partial charge in [0.25, 0.3) is 5.91 Å². The molecule has 1 N–H and O–H groups in total. The Morgan fingerprint density at radius 3 is 3.04 bits per heavy atom. The molecular formula is C17H14N2O4S. The predicted molar refractivity (Wildman–Crippen MR) is 91.0 cm³/mol. The van der Waals surface area contributed by atoms with Gasteiger partial charge >= 0.3 is 0 Å². The Balaban J connectivity index is 1.40. The maximum Gasteiger partial charge on any atom is 0.264 e. The smallest absolute Gasteiger partial charge is 0.264 e. The molecule has 2 heterocycles. The van der Waals surface area contributed by atoms with Crippen molar-refractivity contribution in [2.45, 2.75) is 6.92 Å². The van der Waals surface area contributed by atoms with Crippen LogP contribution in [0.25, 0.3) is 10.2 Å². The van der Waals surface area contributed by atoms with Crippen molar-refractivity contribution in [1.29, 1.82) is 0 Å². The van der Waals surface area contributed by atoms with Gasteiger partial charge in [-0.05, 0) is 30.7 Å². The number of carbonyl (C=O) groups excluding carboxylic acids is 1. The maximum atomic E-state index is 12.1. The molecule has 1 aliphatic rings. The summed E-state index contributed by atoms with van der Waals surface area (Å²) in [7, 11) is 0. The van der Waals surface area contributed by atoms with E-state index in [9.17, 15) is 4.79 Å². The number of hydrogen-bond acceptors (Lipinski definition) is 6. The highest BCUT2D eigenvalue weighted by Crippen LogP contribution is 2.35. The average molecular weight is 342 g/mol. The molecule has 7 heteroatoms. The highest BCUT2D eigenvalue weighted by molar-refractivity contribution is 7.22. The van der Waals surface area contributed by atoms with Crippen LogP contribution in [0.2, 0.25) is 0 Å². The molecule has 0 radical (unpaired) electrons. The van der Waals surface area contributed by atoms with Crippen LogP contribution >= 0.6 is 11.3 Å². The van der Waals surface area contributed by atoms with E-state index < -0.39 is 0 Å². The third-order valence-corrected chi connectivity index (χ3v) is 4.52. The van der Waals surface area contributed by atoms with E-state index >= 15 is 0 Å². The molecular weight excluding hydrogens is 328 g/mol. The highest BCUT2D eigenvalue weighted by atomic mass is 32.1. The number of amides is 1. The fraction of sp³-hybridized carbons (Fsp3) is 0.176. The lowest BCUT2D eigenvalue weighted by molar-refractivity contribution is -0.118. The fourth-order valence-corrected chi connectivity index (χ4v) is 3.37. The Morgan fingerprint density at radius 2 is 2.17 bits per heavy atom. The summed E-state index contributed by atoms with van der Waals surface area (Å²) in [6.07, 6.45) is 0. The second kappa shape index (κ2) is 6.01. The van der Waals surface area contributed by atoms with Crippen molar-refractivity contribution in [3.63, 3.8) is 0 Å². The van der Waals surface area contributed by atoms with Gasteiger partial charge in [-0.3, -0.25) is 10.1 Å². The summed E-state index contributed by atoms with van der Waals surface area (Å²) in [5.74, 6) is 1.59. The van der Waals surface area contributed by atoms with Gasteiger partial charge in [0.1, 0.15) is 5.75 Å². The van der Waals surface area contributed by atoms with Gasteiger partial charge in [-0.15, -0.1) is 0 Å². The van der Waals surface area contributed by atoms with Crippen molar-refractivity contribution in [3.8, 4) is 17.2 Å². The molecule has 0 aliphatic carbocycles. The number of nitrogens with one attached hydrogen (secondary N) is 1. The van der Waals surface area contributed by atoms with Crippen molar-refractivity contribution in [2.24, 2.45) is 0 Å². The number of aromatic nitrogens is 1. The highest BCUT2D eigenvalue weighted by Gasteiger charge is 2.15. The van der Waals surface area contributed by atoms with Crippen molar-refractivity contribution >= 4 is 32.6 Å². The van der Waals surface area contributed by atoms with E-state index in [4.69, 9.17) is 14.2 Å². The first kappa shape index (κ1) is 14.8. The Hall–Kier alpha value is -2.80. The number of benzene rings is 2. The Kier molecular flexibility index (Phi) is 3.70. The van der Waals surface area contributed by atoms with E-state index in [2.05, 4.69) is 10.3 Å². The standard InChI is InChI=1S/C17H14N2O4S/c1-10-3-2-4-14-16(10)19-17(24-14)18-15(20)8-21-11-5-6-12-13(7-11)23-9-22-12/h2-7H,8-9H2,1H3,(H,18,19,20). The monoisotopic (exact) mass is 342 g/mol. The molecule has 0 atom stereocenters. The Labute approximate surface area is 142 Å². The number of rotatable bonds is 4. The molecule has 2 aromatic carbocycles. The van der Waals surface area contributed by atoms with Crippen LogP contribution in [0, 0.1) is 6.92 Å². The predicted octanol–water partition coefficient (Wildman–Crippen LogP) is 3.35. The van der Waals surface area contributed by atoms with E-state index in [1.54, 1.807) is 18.2 Å². The third-order valence-electron chi connectivity index (χ3n) is 3.58. The lowest BCUT2D eigenvalue weighted by Crippen LogP contribution is -2.19. The summed E-state index contributed by atoms with van der Waals surface area (Å²) in [6.45, 7) is 2.10. The van der Waals surface area contributed by atoms with Crippen molar-refractivity contribution < 1.29 is 19.0 Å². The van der Waals surface area contributed by atoms with Crippen LogP contribution in [0.1, 0.15) is 5.56 Å². The number of thiazole rings is 1. The van der Waals surface area contributed by atoms with Crippen LogP contribution in [-0.4, -0.2) is 24.3 Å². The summed E-state index contributed by atoms with van der Waals surface area (Å²) in [4.78, 5) is 16.5. The minimum absolute atomic E-state index is 0.103. The van der Waals surface area contributed by atoms with Gasteiger partial charge in [-0.2, -0.15) is 0 Å². The van der Waals surface area contributed by atoms with Crippen LogP contribution in [0.3, 0.4) is 0 Å². The van der Waals surface area contributed by atoms with E-state index in [0.29, 0.717) is 22.4 Å². The molecule has 1 aliphatic heterocycles.